The quantitative estimate of drug-likeness (QED) is 0.868. The molecule has 126 valence electrons. The molecule has 1 heterocycles. The minimum atomic E-state index is -4.56. The van der Waals surface area contributed by atoms with Gasteiger partial charge in [0.05, 0.1) is 11.3 Å². The van der Waals surface area contributed by atoms with Gasteiger partial charge in [-0.25, -0.2) is 13.1 Å². The van der Waals surface area contributed by atoms with E-state index < -0.39 is 27.5 Å². The maximum absolute atomic E-state index is 12.9. The number of sulfonamides is 1. The van der Waals surface area contributed by atoms with Crippen LogP contribution < -0.4 is 10.0 Å². The number of piperidine rings is 1. The summed E-state index contributed by atoms with van der Waals surface area (Å²) in [5.41, 5.74) is -1.14. The zero-order chi connectivity index (χ0) is 15.5. The molecule has 1 atom stereocenters. The third-order valence-electron chi connectivity index (χ3n) is 3.31. The van der Waals surface area contributed by atoms with E-state index in [1.807, 2.05) is 0 Å². The van der Waals surface area contributed by atoms with E-state index in [2.05, 4.69) is 10.0 Å². The van der Waals surface area contributed by atoms with Crippen molar-refractivity contribution < 1.29 is 21.6 Å². The molecular formula is C13H18ClF3N2O2S. The van der Waals surface area contributed by atoms with Crippen LogP contribution in [0.25, 0.3) is 0 Å². The summed E-state index contributed by atoms with van der Waals surface area (Å²) >= 11 is 0. The first-order valence-electron chi connectivity index (χ1n) is 6.64. The third kappa shape index (κ3) is 5.42. The van der Waals surface area contributed by atoms with E-state index in [4.69, 9.17) is 0 Å². The molecule has 0 unspecified atom stereocenters. The first-order valence-corrected chi connectivity index (χ1v) is 8.29. The molecule has 1 saturated heterocycles. The SMILES string of the molecule is Cl.O=S(=O)(Cc1ccccc1C(F)(F)F)N[C@@H]1CCCNC1. The van der Waals surface area contributed by atoms with Crippen LogP contribution in [0.15, 0.2) is 24.3 Å². The molecule has 4 nitrogen and oxygen atoms in total. The molecule has 2 rings (SSSR count). The second kappa shape index (κ2) is 7.63. The van der Waals surface area contributed by atoms with Crippen molar-refractivity contribution in [2.24, 2.45) is 0 Å². The topological polar surface area (TPSA) is 58.2 Å². The molecule has 1 aliphatic heterocycles. The van der Waals surface area contributed by atoms with Crippen LogP contribution in [0.2, 0.25) is 0 Å². The van der Waals surface area contributed by atoms with Gasteiger partial charge in [-0.05, 0) is 31.0 Å². The Morgan fingerprint density at radius 2 is 1.95 bits per heavy atom. The lowest BCUT2D eigenvalue weighted by molar-refractivity contribution is -0.138. The predicted molar refractivity (Wildman–Crippen MR) is 80.3 cm³/mol. The van der Waals surface area contributed by atoms with E-state index in [1.165, 1.54) is 18.2 Å². The van der Waals surface area contributed by atoms with Gasteiger partial charge in [-0.1, -0.05) is 18.2 Å². The number of halogens is 4. The number of benzene rings is 1. The lowest BCUT2D eigenvalue weighted by Gasteiger charge is -2.24. The van der Waals surface area contributed by atoms with Crippen molar-refractivity contribution in [1.82, 2.24) is 10.0 Å². The van der Waals surface area contributed by atoms with Crippen LogP contribution in [0.1, 0.15) is 24.0 Å². The molecule has 0 amide bonds. The summed E-state index contributed by atoms with van der Waals surface area (Å²) in [6.07, 6.45) is -3.03. The highest BCUT2D eigenvalue weighted by atomic mass is 35.5. The molecule has 0 aromatic heterocycles. The molecule has 9 heteroatoms. The predicted octanol–water partition coefficient (Wildman–Crippen LogP) is 2.30. The monoisotopic (exact) mass is 358 g/mol. The Kier molecular flexibility index (Phi) is 6.66. The zero-order valence-corrected chi connectivity index (χ0v) is 13.3. The fourth-order valence-electron chi connectivity index (χ4n) is 2.38. The van der Waals surface area contributed by atoms with Crippen molar-refractivity contribution in [2.75, 3.05) is 13.1 Å². The van der Waals surface area contributed by atoms with E-state index in [0.29, 0.717) is 13.0 Å². The number of hydrogen-bond donors (Lipinski definition) is 2. The first-order chi connectivity index (χ1) is 9.78. The van der Waals surface area contributed by atoms with Gasteiger partial charge in [0.1, 0.15) is 0 Å². The number of hydrogen-bond acceptors (Lipinski definition) is 3. The molecule has 0 spiro atoms. The maximum atomic E-state index is 12.9. The van der Waals surface area contributed by atoms with Gasteiger partial charge in [0, 0.05) is 12.6 Å². The highest BCUT2D eigenvalue weighted by Crippen LogP contribution is 2.32. The number of alkyl halides is 3. The van der Waals surface area contributed by atoms with E-state index in [1.54, 1.807) is 0 Å². The Morgan fingerprint density at radius 3 is 2.55 bits per heavy atom. The average Bonchev–Trinajstić information content (AvgIpc) is 2.38. The lowest BCUT2D eigenvalue weighted by atomic mass is 10.1. The van der Waals surface area contributed by atoms with Gasteiger partial charge in [-0.2, -0.15) is 13.2 Å². The summed E-state index contributed by atoms with van der Waals surface area (Å²) in [4.78, 5) is 0. The van der Waals surface area contributed by atoms with E-state index in [-0.39, 0.29) is 24.0 Å². The van der Waals surface area contributed by atoms with Crippen LogP contribution >= 0.6 is 12.4 Å². The summed E-state index contributed by atoms with van der Waals surface area (Å²) in [5.74, 6) is -0.667. The fraction of sp³-hybridized carbons (Fsp3) is 0.538. The molecule has 0 aliphatic carbocycles. The van der Waals surface area contributed by atoms with Crippen LogP contribution in [0, 0.1) is 0 Å². The van der Waals surface area contributed by atoms with Gasteiger partial charge in [0.25, 0.3) is 0 Å². The van der Waals surface area contributed by atoms with Gasteiger partial charge >= 0.3 is 6.18 Å². The van der Waals surface area contributed by atoms with Crippen molar-refractivity contribution in [3.8, 4) is 0 Å². The van der Waals surface area contributed by atoms with Gasteiger partial charge < -0.3 is 5.32 Å². The Morgan fingerprint density at radius 1 is 1.27 bits per heavy atom. The summed E-state index contributed by atoms with van der Waals surface area (Å²) < 4.78 is 65.1. The number of rotatable bonds is 4. The second-order valence-corrected chi connectivity index (χ2v) is 6.83. The molecular weight excluding hydrogens is 341 g/mol. The largest absolute Gasteiger partial charge is 0.416 e. The molecule has 1 fully saturated rings. The minimum Gasteiger partial charge on any atom is -0.315 e. The van der Waals surface area contributed by atoms with Crippen LogP contribution in [0.5, 0.6) is 0 Å². The summed E-state index contributed by atoms with van der Waals surface area (Å²) in [5, 5.41) is 3.05. The molecule has 2 N–H and O–H groups in total. The van der Waals surface area contributed by atoms with Gasteiger partial charge in [0.15, 0.2) is 0 Å². The molecule has 1 aromatic rings. The summed E-state index contributed by atoms with van der Waals surface area (Å²) in [6, 6.07) is 4.48. The minimum absolute atomic E-state index is 0. The van der Waals surface area contributed by atoms with Crippen LogP contribution in [0.4, 0.5) is 13.2 Å². The molecule has 0 radical (unpaired) electrons. The van der Waals surface area contributed by atoms with Crippen molar-refractivity contribution >= 4 is 22.4 Å². The van der Waals surface area contributed by atoms with Crippen molar-refractivity contribution in [3.05, 3.63) is 35.4 Å². The highest BCUT2D eigenvalue weighted by Gasteiger charge is 2.34. The van der Waals surface area contributed by atoms with Gasteiger partial charge in [-0.15, -0.1) is 12.4 Å². The Bertz CT molecular complexity index is 587. The maximum Gasteiger partial charge on any atom is 0.416 e. The molecule has 0 bridgehead atoms. The normalized spacial score (nSPS) is 19.5. The first kappa shape index (κ1) is 19.2. The smallest absolute Gasteiger partial charge is 0.315 e. The van der Waals surface area contributed by atoms with Crippen molar-refractivity contribution in [1.29, 1.82) is 0 Å². The Hall–Kier alpha value is -0.830. The fourth-order valence-corrected chi connectivity index (χ4v) is 3.83. The van der Waals surface area contributed by atoms with Crippen LogP contribution in [-0.2, 0) is 22.0 Å². The third-order valence-corrected chi connectivity index (χ3v) is 4.69. The van der Waals surface area contributed by atoms with Gasteiger partial charge in [0.2, 0.25) is 10.0 Å². The zero-order valence-electron chi connectivity index (χ0n) is 11.7. The summed E-state index contributed by atoms with van der Waals surface area (Å²) in [6.45, 7) is 1.33. The van der Waals surface area contributed by atoms with Gasteiger partial charge in [-0.3, -0.25) is 0 Å². The Balaban J connectivity index is 0.00000242. The molecule has 1 aromatic carbocycles. The molecule has 22 heavy (non-hydrogen) atoms. The highest BCUT2D eigenvalue weighted by molar-refractivity contribution is 7.88. The van der Waals surface area contributed by atoms with Crippen LogP contribution in [-0.4, -0.2) is 27.5 Å². The molecule has 0 saturated carbocycles. The average molecular weight is 359 g/mol. The number of nitrogens with one attached hydrogen (secondary N) is 2. The standard InChI is InChI=1S/C13H17F3N2O2S.ClH/c14-13(15,16)12-6-2-1-4-10(12)9-21(19,20)18-11-5-3-7-17-8-11;/h1-2,4,6,11,17-18H,3,5,7-9H2;1H/t11-;/m1./s1. The van der Waals surface area contributed by atoms with Crippen molar-refractivity contribution in [2.45, 2.75) is 30.8 Å². The van der Waals surface area contributed by atoms with Crippen molar-refractivity contribution in [3.63, 3.8) is 0 Å². The van der Waals surface area contributed by atoms with E-state index >= 15 is 0 Å². The van der Waals surface area contributed by atoms with E-state index in [9.17, 15) is 21.6 Å². The van der Waals surface area contributed by atoms with Crippen LogP contribution in [0.3, 0.4) is 0 Å². The second-order valence-electron chi connectivity index (χ2n) is 5.08. The molecule has 1 aliphatic rings. The van der Waals surface area contributed by atoms with E-state index in [0.717, 1.165) is 19.0 Å². The Labute approximate surface area is 133 Å². The lowest BCUT2D eigenvalue weighted by Crippen LogP contribution is -2.45. The summed E-state index contributed by atoms with van der Waals surface area (Å²) in [7, 11) is -3.81.